The van der Waals surface area contributed by atoms with Crippen molar-refractivity contribution in [1.82, 2.24) is 5.48 Å². The Kier molecular flexibility index (Phi) is 3.13. The number of thiol groups is 1. The highest BCUT2D eigenvalue weighted by Crippen LogP contribution is 2.07. The van der Waals surface area contributed by atoms with Crippen LogP contribution in [0.2, 0.25) is 0 Å². The minimum absolute atomic E-state index is 0.258. The van der Waals surface area contributed by atoms with E-state index in [4.69, 9.17) is 0 Å². The van der Waals surface area contributed by atoms with Crippen LogP contribution >= 0.6 is 12.6 Å². The molecule has 0 spiro atoms. The van der Waals surface area contributed by atoms with E-state index in [2.05, 4.69) is 22.9 Å². The van der Waals surface area contributed by atoms with Gasteiger partial charge in [-0.3, -0.25) is 9.63 Å². The lowest BCUT2D eigenvalue weighted by molar-refractivity contribution is 0.0537. The molecule has 0 saturated heterocycles. The quantitative estimate of drug-likeness (QED) is 0.535. The molecule has 0 radical (unpaired) electrons. The first-order valence-corrected chi connectivity index (χ1v) is 3.81. The molecule has 0 fully saturated rings. The van der Waals surface area contributed by atoms with E-state index in [0.717, 1.165) is 4.90 Å². The second-order valence-electron chi connectivity index (χ2n) is 2.18. The van der Waals surface area contributed by atoms with E-state index in [9.17, 15) is 4.79 Å². The van der Waals surface area contributed by atoms with Gasteiger partial charge >= 0.3 is 0 Å². The van der Waals surface area contributed by atoms with Crippen molar-refractivity contribution < 1.29 is 9.63 Å². The molecule has 3 nitrogen and oxygen atoms in total. The van der Waals surface area contributed by atoms with Gasteiger partial charge in [0.15, 0.2) is 0 Å². The summed E-state index contributed by atoms with van der Waals surface area (Å²) in [7, 11) is 1.39. The van der Waals surface area contributed by atoms with Crippen LogP contribution in [0.3, 0.4) is 0 Å². The van der Waals surface area contributed by atoms with Gasteiger partial charge in [-0.15, -0.1) is 12.6 Å². The van der Waals surface area contributed by atoms with E-state index in [-0.39, 0.29) is 5.91 Å². The molecule has 1 amide bonds. The van der Waals surface area contributed by atoms with E-state index in [0.29, 0.717) is 5.56 Å². The maximum atomic E-state index is 11.1. The van der Waals surface area contributed by atoms with Gasteiger partial charge in [0.05, 0.1) is 7.11 Å². The third-order valence-electron chi connectivity index (χ3n) is 1.32. The van der Waals surface area contributed by atoms with Crippen LogP contribution in [0.4, 0.5) is 0 Å². The van der Waals surface area contributed by atoms with Gasteiger partial charge in [0.25, 0.3) is 5.91 Å². The predicted molar refractivity (Wildman–Crippen MR) is 48.2 cm³/mol. The van der Waals surface area contributed by atoms with Crippen LogP contribution in [0.1, 0.15) is 10.4 Å². The minimum Gasteiger partial charge on any atom is -0.277 e. The van der Waals surface area contributed by atoms with Gasteiger partial charge in [-0.1, -0.05) is 0 Å². The zero-order valence-electron chi connectivity index (χ0n) is 6.57. The molecule has 4 heteroatoms. The average Bonchev–Trinajstić information content (AvgIpc) is 2.06. The molecule has 12 heavy (non-hydrogen) atoms. The number of hydrogen-bond donors (Lipinski definition) is 2. The third kappa shape index (κ3) is 2.25. The Hall–Kier alpha value is -1.00. The summed E-state index contributed by atoms with van der Waals surface area (Å²) in [5, 5.41) is 0. The van der Waals surface area contributed by atoms with Gasteiger partial charge in [-0.05, 0) is 24.3 Å². The predicted octanol–water partition coefficient (Wildman–Crippen LogP) is 1.27. The number of benzene rings is 1. The van der Waals surface area contributed by atoms with Crippen molar-refractivity contribution in [2.24, 2.45) is 0 Å². The Balaban J connectivity index is 2.75. The highest BCUT2D eigenvalue weighted by Gasteiger charge is 2.02. The largest absolute Gasteiger partial charge is 0.277 e. The summed E-state index contributed by atoms with van der Waals surface area (Å²) in [6.45, 7) is 0. The monoisotopic (exact) mass is 183 g/mol. The fraction of sp³-hybridized carbons (Fsp3) is 0.125. The molecular formula is C8H9NO2S. The molecule has 64 valence electrons. The Morgan fingerprint density at radius 1 is 1.42 bits per heavy atom. The van der Waals surface area contributed by atoms with Crippen LogP contribution in [-0.4, -0.2) is 13.0 Å². The van der Waals surface area contributed by atoms with Crippen LogP contribution in [0.25, 0.3) is 0 Å². The number of carbonyl (C=O) groups is 1. The standard InChI is InChI=1S/C8H9NO2S/c1-11-9-8(10)6-2-4-7(12)5-3-6/h2-5,12H,1H3,(H,9,10). The van der Waals surface area contributed by atoms with Gasteiger partial charge in [-0.25, -0.2) is 5.48 Å². The smallest absolute Gasteiger partial charge is 0.274 e. The Morgan fingerprint density at radius 3 is 2.50 bits per heavy atom. The van der Waals surface area contributed by atoms with Crippen molar-refractivity contribution in [2.45, 2.75) is 4.90 Å². The zero-order valence-corrected chi connectivity index (χ0v) is 7.47. The summed E-state index contributed by atoms with van der Waals surface area (Å²) in [4.78, 5) is 16.4. The van der Waals surface area contributed by atoms with E-state index in [1.165, 1.54) is 7.11 Å². The maximum absolute atomic E-state index is 11.1. The first kappa shape index (κ1) is 9.09. The van der Waals surface area contributed by atoms with Gasteiger partial charge < -0.3 is 0 Å². The number of hydrogen-bond acceptors (Lipinski definition) is 3. The lowest BCUT2D eigenvalue weighted by Gasteiger charge is -2.00. The molecule has 0 atom stereocenters. The molecule has 0 unspecified atom stereocenters. The van der Waals surface area contributed by atoms with Crippen LogP contribution in [-0.2, 0) is 4.84 Å². The van der Waals surface area contributed by atoms with Crippen LogP contribution in [0.5, 0.6) is 0 Å². The number of nitrogens with one attached hydrogen (secondary N) is 1. The van der Waals surface area contributed by atoms with Gasteiger partial charge in [0.2, 0.25) is 0 Å². The fourth-order valence-corrected chi connectivity index (χ4v) is 0.913. The van der Waals surface area contributed by atoms with Crippen molar-refractivity contribution in [2.75, 3.05) is 7.11 Å². The van der Waals surface area contributed by atoms with E-state index >= 15 is 0 Å². The van der Waals surface area contributed by atoms with Gasteiger partial charge in [0.1, 0.15) is 0 Å². The molecule has 0 aliphatic carbocycles. The molecule has 0 aliphatic heterocycles. The highest BCUT2D eigenvalue weighted by atomic mass is 32.1. The maximum Gasteiger partial charge on any atom is 0.274 e. The Labute approximate surface area is 76.1 Å². The molecule has 0 saturated carbocycles. The summed E-state index contributed by atoms with van der Waals surface area (Å²) in [6.07, 6.45) is 0. The number of rotatable bonds is 2. The zero-order chi connectivity index (χ0) is 8.97. The van der Waals surface area contributed by atoms with Crippen molar-refractivity contribution in [3.63, 3.8) is 0 Å². The lowest BCUT2D eigenvalue weighted by atomic mass is 10.2. The fourth-order valence-electron chi connectivity index (χ4n) is 0.764. The number of amides is 1. The Morgan fingerprint density at radius 2 is 2.00 bits per heavy atom. The molecule has 1 aromatic carbocycles. The van der Waals surface area contributed by atoms with Crippen molar-refractivity contribution in [1.29, 1.82) is 0 Å². The molecule has 0 aliphatic rings. The van der Waals surface area contributed by atoms with Crippen molar-refractivity contribution >= 4 is 18.5 Å². The number of hydroxylamine groups is 1. The number of carbonyl (C=O) groups excluding carboxylic acids is 1. The third-order valence-corrected chi connectivity index (χ3v) is 1.62. The topological polar surface area (TPSA) is 38.3 Å². The summed E-state index contributed by atoms with van der Waals surface area (Å²) < 4.78 is 0. The molecule has 0 bridgehead atoms. The lowest BCUT2D eigenvalue weighted by Crippen LogP contribution is -2.21. The van der Waals surface area contributed by atoms with E-state index in [1.807, 2.05) is 0 Å². The molecule has 1 rings (SSSR count). The summed E-state index contributed by atoms with van der Waals surface area (Å²) in [6, 6.07) is 6.84. The normalized spacial score (nSPS) is 9.50. The second-order valence-corrected chi connectivity index (χ2v) is 2.70. The van der Waals surface area contributed by atoms with Crippen molar-refractivity contribution in [3.8, 4) is 0 Å². The minimum atomic E-state index is -0.258. The second kappa shape index (κ2) is 4.13. The molecule has 1 N–H and O–H groups in total. The highest BCUT2D eigenvalue weighted by molar-refractivity contribution is 7.80. The summed E-state index contributed by atoms with van der Waals surface area (Å²) >= 11 is 4.09. The first-order chi connectivity index (χ1) is 5.74. The van der Waals surface area contributed by atoms with Gasteiger partial charge in [0, 0.05) is 10.5 Å². The van der Waals surface area contributed by atoms with E-state index < -0.39 is 0 Å². The molecule has 0 aromatic heterocycles. The van der Waals surface area contributed by atoms with Crippen molar-refractivity contribution in [3.05, 3.63) is 29.8 Å². The molecule has 1 aromatic rings. The first-order valence-electron chi connectivity index (χ1n) is 3.36. The SMILES string of the molecule is CONC(=O)c1ccc(S)cc1. The summed E-state index contributed by atoms with van der Waals surface area (Å²) in [5.41, 5.74) is 2.77. The average molecular weight is 183 g/mol. The van der Waals surface area contributed by atoms with Crippen LogP contribution < -0.4 is 5.48 Å². The van der Waals surface area contributed by atoms with Crippen LogP contribution in [0, 0.1) is 0 Å². The Bertz CT molecular complexity index is 271. The van der Waals surface area contributed by atoms with Crippen LogP contribution in [0.15, 0.2) is 29.2 Å². The summed E-state index contributed by atoms with van der Waals surface area (Å²) in [5.74, 6) is -0.258. The van der Waals surface area contributed by atoms with Gasteiger partial charge in [-0.2, -0.15) is 0 Å². The molecular weight excluding hydrogens is 174 g/mol. The van der Waals surface area contributed by atoms with E-state index in [1.54, 1.807) is 24.3 Å². The molecule has 0 heterocycles.